The third kappa shape index (κ3) is 31.7. The van der Waals surface area contributed by atoms with Crippen LogP contribution in [0.15, 0.2) is 12.2 Å². The maximum atomic E-state index is 13.1. The summed E-state index contributed by atoms with van der Waals surface area (Å²) >= 11 is 0. The summed E-state index contributed by atoms with van der Waals surface area (Å²) in [6, 6.07) is -0.974. The number of unbranched alkanes of at least 4 members (excludes halogenated alkanes) is 34. The highest BCUT2D eigenvalue weighted by Crippen LogP contribution is 2.23. The molecule has 368 valence electrons. The maximum absolute atomic E-state index is 13.1. The summed E-state index contributed by atoms with van der Waals surface area (Å²) in [7, 11) is 0. The summed E-state index contributed by atoms with van der Waals surface area (Å²) in [4.78, 5) is 13.1. The number of rotatable bonds is 45. The van der Waals surface area contributed by atoms with Crippen molar-refractivity contribution < 1.29 is 44.9 Å². The van der Waals surface area contributed by atoms with E-state index in [0.29, 0.717) is 6.42 Å². The van der Waals surface area contributed by atoms with Crippen LogP contribution in [0.25, 0.3) is 0 Å². The quantitative estimate of drug-likeness (QED) is 0.0232. The highest BCUT2D eigenvalue weighted by atomic mass is 16.7. The van der Waals surface area contributed by atoms with Crippen LogP contribution in [0.2, 0.25) is 0 Å². The van der Waals surface area contributed by atoms with Crippen LogP contribution in [0.5, 0.6) is 0 Å². The minimum atomic E-state index is -1.61. The number of nitrogens with one attached hydrogen (secondary N) is 1. The average molecular weight is 884 g/mol. The van der Waals surface area contributed by atoms with Gasteiger partial charge in [-0.1, -0.05) is 244 Å². The van der Waals surface area contributed by atoms with Gasteiger partial charge in [0.15, 0.2) is 6.29 Å². The zero-order valence-electron chi connectivity index (χ0n) is 40.3. The van der Waals surface area contributed by atoms with E-state index < -0.39 is 61.5 Å². The smallest absolute Gasteiger partial charge is 0.249 e. The van der Waals surface area contributed by atoms with Gasteiger partial charge < -0.3 is 45.4 Å². The second kappa shape index (κ2) is 42.5. The van der Waals surface area contributed by atoms with Crippen LogP contribution in [0.4, 0.5) is 0 Å². The molecule has 1 fully saturated rings. The highest BCUT2D eigenvalue weighted by molar-refractivity contribution is 5.80. The zero-order valence-corrected chi connectivity index (χ0v) is 40.3. The Morgan fingerprint density at radius 3 is 1.31 bits per heavy atom. The molecule has 0 spiro atoms. The fraction of sp³-hybridized carbons (Fsp3) is 0.942. The number of ether oxygens (including phenoxy) is 2. The third-order valence-corrected chi connectivity index (χ3v) is 13.0. The molecule has 1 saturated heterocycles. The van der Waals surface area contributed by atoms with Crippen molar-refractivity contribution in [2.75, 3.05) is 13.2 Å². The van der Waals surface area contributed by atoms with E-state index in [0.717, 1.165) is 44.9 Å². The third-order valence-electron chi connectivity index (χ3n) is 13.0. The van der Waals surface area contributed by atoms with Gasteiger partial charge in [-0.2, -0.15) is 0 Å². The molecule has 10 nitrogen and oxygen atoms in total. The molecule has 10 heteroatoms. The van der Waals surface area contributed by atoms with Crippen molar-refractivity contribution >= 4 is 5.91 Å². The summed E-state index contributed by atoms with van der Waals surface area (Å²) in [5.74, 6) is -0.612. The monoisotopic (exact) mass is 884 g/mol. The first-order valence-corrected chi connectivity index (χ1v) is 26.5. The van der Waals surface area contributed by atoms with Crippen molar-refractivity contribution in [1.29, 1.82) is 0 Å². The van der Waals surface area contributed by atoms with Crippen LogP contribution in [-0.4, -0.2) is 98.7 Å². The lowest BCUT2D eigenvalue weighted by molar-refractivity contribution is -0.302. The standard InChI is InChI=1S/C52H101NO9/c1-3-5-7-9-11-13-15-17-18-19-20-21-22-23-24-25-26-27-28-29-31-33-35-37-39-41-46(56)51(60)53-44(43-61-52-50(59)49(58)48(57)47(42-54)62-52)45(55)40-38-36-34-32-30-16-14-12-10-8-6-4-2/h38,40,44-50,52,54-59H,3-37,39,41-43H2,1-2H3,(H,53,60)/b40-38+. The van der Waals surface area contributed by atoms with E-state index in [1.165, 1.54) is 186 Å². The summed E-state index contributed by atoms with van der Waals surface area (Å²) in [5, 5.41) is 64.8. The van der Waals surface area contributed by atoms with Crippen LogP contribution in [-0.2, 0) is 14.3 Å². The molecule has 8 unspecified atom stereocenters. The lowest BCUT2D eigenvalue weighted by Crippen LogP contribution is -2.60. The topological polar surface area (TPSA) is 169 Å². The van der Waals surface area contributed by atoms with Gasteiger partial charge in [0, 0.05) is 0 Å². The molecule has 1 aliphatic heterocycles. The van der Waals surface area contributed by atoms with Crippen LogP contribution in [0, 0.1) is 0 Å². The number of allylic oxidation sites excluding steroid dienone is 1. The number of aliphatic hydroxyl groups excluding tert-OH is 6. The van der Waals surface area contributed by atoms with E-state index in [4.69, 9.17) is 9.47 Å². The average Bonchev–Trinajstić information content (AvgIpc) is 3.27. The van der Waals surface area contributed by atoms with E-state index in [2.05, 4.69) is 19.2 Å². The van der Waals surface area contributed by atoms with Gasteiger partial charge in [-0.05, 0) is 19.3 Å². The summed E-state index contributed by atoms with van der Waals surface area (Å²) in [5.41, 5.74) is 0. The number of hydrogen-bond donors (Lipinski definition) is 7. The fourth-order valence-electron chi connectivity index (χ4n) is 8.64. The zero-order chi connectivity index (χ0) is 45.3. The van der Waals surface area contributed by atoms with E-state index in [1.807, 2.05) is 6.08 Å². The second-order valence-corrected chi connectivity index (χ2v) is 18.8. The Bertz CT molecular complexity index is 999. The Labute approximate surface area is 380 Å². The maximum Gasteiger partial charge on any atom is 0.249 e. The molecule has 7 N–H and O–H groups in total. The first-order chi connectivity index (χ1) is 30.3. The van der Waals surface area contributed by atoms with E-state index >= 15 is 0 Å². The first kappa shape index (κ1) is 58.9. The molecule has 0 aromatic carbocycles. The van der Waals surface area contributed by atoms with E-state index in [9.17, 15) is 35.4 Å². The number of hydrogen-bond acceptors (Lipinski definition) is 9. The van der Waals surface area contributed by atoms with Crippen molar-refractivity contribution in [3.63, 3.8) is 0 Å². The van der Waals surface area contributed by atoms with E-state index in [1.54, 1.807) is 6.08 Å². The largest absolute Gasteiger partial charge is 0.394 e. The Balaban J connectivity index is 2.24. The van der Waals surface area contributed by atoms with Crippen LogP contribution >= 0.6 is 0 Å². The fourth-order valence-corrected chi connectivity index (χ4v) is 8.64. The lowest BCUT2D eigenvalue weighted by atomic mass is 9.99. The van der Waals surface area contributed by atoms with Gasteiger partial charge in [0.1, 0.15) is 30.5 Å². The molecule has 0 aliphatic carbocycles. The number of carbonyl (C=O) groups is 1. The molecule has 0 saturated carbocycles. The van der Waals surface area contributed by atoms with Gasteiger partial charge in [-0.15, -0.1) is 0 Å². The number of carbonyl (C=O) groups excluding carboxylic acids is 1. The molecule has 0 radical (unpaired) electrons. The van der Waals surface area contributed by atoms with Gasteiger partial charge >= 0.3 is 0 Å². The van der Waals surface area contributed by atoms with Crippen LogP contribution in [0.3, 0.4) is 0 Å². The first-order valence-electron chi connectivity index (χ1n) is 26.5. The van der Waals surface area contributed by atoms with Crippen LogP contribution in [0.1, 0.15) is 251 Å². The lowest BCUT2D eigenvalue weighted by Gasteiger charge is -2.40. The molecule has 0 aromatic rings. The van der Waals surface area contributed by atoms with Gasteiger partial charge in [0.2, 0.25) is 5.91 Å². The Morgan fingerprint density at radius 1 is 0.548 bits per heavy atom. The Kier molecular flexibility index (Phi) is 40.4. The van der Waals surface area contributed by atoms with Gasteiger partial charge in [0.05, 0.1) is 25.4 Å². The predicted molar refractivity (Wildman–Crippen MR) is 255 cm³/mol. The van der Waals surface area contributed by atoms with Gasteiger partial charge in [0.25, 0.3) is 0 Å². The molecule has 1 aliphatic rings. The molecular formula is C52H101NO9. The molecule has 8 atom stereocenters. The molecule has 62 heavy (non-hydrogen) atoms. The SMILES string of the molecule is CCCCCCCCCCCC/C=C/C(O)C(COC1OC(CO)C(O)C(O)C1O)NC(=O)C(O)CCCCCCCCCCCCCCCCCCCCCCCCCCC. The van der Waals surface area contributed by atoms with E-state index in [-0.39, 0.29) is 6.61 Å². The molecule has 0 bridgehead atoms. The Hall–Kier alpha value is -1.11. The van der Waals surface area contributed by atoms with Gasteiger partial charge in [-0.25, -0.2) is 0 Å². The minimum Gasteiger partial charge on any atom is -0.394 e. The van der Waals surface area contributed by atoms with Crippen molar-refractivity contribution in [2.45, 2.75) is 300 Å². The Morgan fingerprint density at radius 2 is 0.919 bits per heavy atom. The van der Waals surface area contributed by atoms with Crippen LogP contribution < -0.4 is 5.32 Å². The number of aliphatic hydroxyl groups is 6. The highest BCUT2D eigenvalue weighted by Gasteiger charge is 2.44. The van der Waals surface area contributed by atoms with Crippen molar-refractivity contribution in [3.8, 4) is 0 Å². The molecule has 0 aromatic heterocycles. The second-order valence-electron chi connectivity index (χ2n) is 18.8. The molecule has 1 amide bonds. The van der Waals surface area contributed by atoms with Gasteiger partial charge in [-0.3, -0.25) is 4.79 Å². The molecular weight excluding hydrogens is 783 g/mol. The summed E-state index contributed by atoms with van der Waals surface area (Å²) in [6.07, 6.45) is 40.3. The minimum absolute atomic E-state index is 0.301. The predicted octanol–water partition coefficient (Wildman–Crippen LogP) is 11.0. The van der Waals surface area contributed by atoms with Crippen molar-refractivity contribution in [3.05, 3.63) is 12.2 Å². The summed E-state index contributed by atoms with van der Waals surface area (Å²) in [6.45, 7) is 3.62. The van der Waals surface area contributed by atoms with Crippen molar-refractivity contribution in [1.82, 2.24) is 5.32 Å². The normalized spacial score (nSPS) is 20.8. The van der Waals surface area contributed by atoms with Crippen molar-refractivity contribution in [2.24, 2.45) is 0 Å². The number of amides is 1. The summed E-state index contributed by atoms with van der Waals surface area (Å²) < 4.78 is 11.2. The molecule has 1 heterocycles. The molecule has 1 rings (SSSR count).